The van der Waals surface area contributed by atoms with Gasteiger partial charge in [0.05, 0.1) is 19.8 Å². The number of ether oxygens (including phenoxy) is 2. The summed E-state index contributed by atoms with van der Waals surface area (Å²) in [5.41, 5.74) is 5.36. The zero-order valence-corrected chi connectivity index (χ0v) is 33.5. The number of allylic oxidation sites excluding steroid dienone is 4. The Hall–Kier alpha value is -1.02. The Kier molecular flexibility index (Phi) is 38.4. The predicted octanol–water partition coefficient (Wildman–Crippen LogP) is 12.1. The average Bonchev–Trinajstić information content (AvgIpc) is 3.10. The van der Waals surface area contributed by atoms with Gasteiger partial charge < -0.3 is 20.1 Å². The minimum Gasteiger partial charge on any atom is -0.457 e. The molecular formula is C41H80NO7P. The quantitative estimate of drug-likeness (QED) is 0.0277. The van der Waals surface area contributed by atoms with Gasteiger partial charge in [0.2, 0.25) is 0 Å². The molecule has 0 heterocycles. The zero-order chi connectivity index (χ0) is 36.6. The van der Waals surface area contributed by atoms with E-state index in [0.717, 1.165) is 44.9 Å². The molecule has 8 nitrogen and oxygen atoms in total. The van der Waals surface area contributed by atoms with Gasteiger partial charge in [0.15, 0.2) is 0 Å². The van der Waals surface area contributed by atoms with Crippen LogP contribution in [0.1, 0.15) is 194 Å². The molecule has 0 rings (SSSR count). The van der Waals surface area contributed by atoms with Crippen molar-refractivity contribution in [2.75, 3.05) is 33.0 Å². The van der Waals surface area contributed by atoms with E-state index in [1.807, 2.05) is 0 Å². The molecule has 0 aromatic carbocycles. The summed E-state index contributed by atoms with van der Waals surface area (Å²) in [4.78, 5) is 22.4. The van der Waals surface area contributed by atoms with E-state index in [0.29, 0.717) is 13.0 Å². The van der Waals surface area contributed by atoms with E-state index in [1.165, 1.54) is 128 Å². The number of unbranched alkanes of at least 4 members (excludes halogenated alkanes) is 23. The molecule has 2 unspecified atom stereocenters. The van der Waals surface area contributed by atoms with Crippen LogP contribution in [0.4, 0.5) is 0 Å². The van der Waals surface area contributed by atoms with Crippen molar-refractivity contribution < 1.29 is 32.8 Å². The van der Waals surface area contributed by atoms with Gasteiger partial charge in [0.1, 0.15) is 6.10 Å². The van der Waals surface area contributed by atoms with Gasteiger partial charge in [-0.1, -0.05) is 167 Å². The molecule has 0 aromatic heterocycles. The molecule has 0 spiro atoms. The van der Waals surface area contributed by atoms with Gasteiger partial charge in [-0.3, -0.25) is 13.8 Å². The SMILES string of the molecule is CCCCC/C=C\C/C=C\CCCCCCCCOCC(COP(=O)(O)OCCN)OC(=O)CCCCCCCCCCCCCCCCC. The summed E-state index contributed by atoms with van der Waals surface area (Å²) in [5.74, 6) is -0.332. The fourth-order valence-electron chi connectivity index (χ4n) is 5.79. The van der Waals surface area contributed by atoms with Gasteiger partial charge in [0.25, 0.3) is 0 Å². The summed E-state index contributed by atoms with van der Waals surface area (Å²) >= 11 is 0. The fraction of sp³-hybridized carbons (Fsp3) is 0.878. The maximum absolute atomic E-state index is 12.6. The van der Waals surface area contributed by atoms with Crippen LogP contribution in [0, 0.1) is 0 Å². The highest BCUT2D eigenvalue weighted by Crippen LogP contribution is 2.43. The Bertz CT molecular complexity index is 823. The number of rotatable bonds is 40. The topological polar surface area (TPSA) is 117 Å². The molecule has 50 heavy (non-hydrogen) atoms. The van der Waals surface area contributed by atoms with E-state index < -0.39 is 13.9 Å². The molecule has 0 radical (unpaired) electrons. The maximum Gasteiger partial charge on any atom is 0.472 e. The van der Waals surface area contributed by atoms with E-state index in [4.69, 9.17) is 24.3 Å². The number of nitrogens with two attached hydrogens (primary N) is 1. The molecule has 0 saturated carbocycles. The molecule has 3 N–H and O–H groups in total. The van der Waals surface area contributed by atoms with Crippen LogP contribution in [0.25, 0.3) is 0 Å². The molecule has 296 valence electrons. The first-order valence-corrected chi connectivity index (χ1v) is 22.3. The van der Waals surface area contributed by atoms with Crippen LogP contribution in [-0.4, -0.2) is 49.9 Å². The molecular weight excluding hydrogens is 649 g/mol. The summed E-state index contributed by atoms with van der Waals surface area (Å²) < 4.78 is 33.4. The van der Waals surface area contributed by atoms with Gasteiger partial charge in [-0.25, -0.2) is 4.57 Å². The lowest BCUT2D eigenvalue weighted by molar-refractivity contribution is -0.154. The second-order valence-corrected chi connectivity index (χ2v) is 15.3. The summed E-state index contributed by atoms with van der Waals surface area (Å²) in [6, 6.07) is 0. The summed E-state index contributed by atoms with van der Waals surface area (Å²) in [6.07, 6.45) is 41.8. The summed E-state index contributed by atoms with van der Waals surface area (Å²) in [7, 11) is -4.27. The van der Waals surface area contributed by atoms with Crippen LogP contribution in [0.15, 0.2) is 24.3 Å². The molecule has 0 aromatic rings. The number of hydrogen-bond donors (Lipinski definition) is 2. The van der Waals surface area contributed by atoms with Crippen LogP contribution in [0.5, 0.6) is 0 Å². The van der Waals surface area contributed by atoms with Crippen LogP contribution in [-0.2, 0) is 27.9 Å². The molecule has 2 atom stereocenters. The van der Waals surface area contributed by atoms with Gasteiger partial charge in [-0.05, 0) is 44.9 Å². The Balaban J connectivity index is 4.05. The Morgan fingerprint density at radius 1 is 0.600 bits per heavy atom. The van der Waals surface area contributed by atoms with Gasteiger partial charge in [-0.2, -0.15) is 0 Å². The standard InChI is InChI=1S/C41H80NO7P/c1-3-5-7-9-11-13-15-17-19-21-23-25-27-29-31-33-36-46-38-40(39-48-50(44,45)47-37-35-42)49-41(43)34-32-30-28-26-24-22-20-18-16-14-12-10-8-6-4-2/h11,13,17,19,40H,3-10,12,14-16,18,20-39,42H2,1-2H3,(H,44,45)/b13-11-,19-17-. The number of carbonyl (C=O) groups is 1. The minimum absolute atomic E-state index is 0.0958. The summed E-state index contributed by atoms with van der Waals surface area (Å²) in [6.45, 7) is 4.89. The van der Waals surface area contributed by atoms with Crippen LogP contribution in [0.3, 0.4) is 0 Å². The third-order valence-electron chi connectivity index (χ3n) is 8.87. The van der Waals surface area contributed by atoms with Crippen molar-refractivity contribution in [2.24, 2.45) is 5.73 Å². The second kappa shape index (κ2) is 39.2. The van der Waals surface area contributed by atoms with E-state index >= 15 is 0 Å². The lowest BCUT2D eigenvalue weighted by Gasteiger charge is -2.20. The molecule has 0 aliphatic heterocycles. The molecule has 0 saturated heterocycles. The number of phosphoric acid groups is 1. The third kappa shape index (κ3) is 38.2. The van der Waals surface area contributed by atoms with Crippen LogP contribution >= 0.6 is 7.82 Å². The van der Waals surface area contributed by atoms with Crippen LogP contribution < -0.4 is 5.73 Å². The minimum atomic E-state index is -4.27. The number of carbonyl (C=O) groups excluding carboxylic acids is 1. The first-order chi connectivity index (χ1) is 24.4. The van der Waals surface area contributed by atoms with E-state index in [-0.39, 0.29) is 32.3 Å². The molecule has 0 aliphatic rings. The molecule has 9 heteroatoms. The first kappa shape index (κ1) is 49.0. The highest BCUT2D eigenvalue weighted by molar-refractivity contribution is 7.47. The molecule has 0 fully saturated rings. The monoisotopic (exact) mass is 730 g/mol. The number of esters is 1. The summed E-state index contributed by atoms with van der Waals surface area (Å²) in [5, 5.41) is 0. The second-order valence-electron chi connectivity index (χ2n) is 13.9. The first-order valence-electron chi connectivity index (χ1n) is 20.8. The fourth-order valence-corrected chi connectivity index (χ4v) is 6.56. The normalized spacial score (nSPS) is 13.8. The lowest BCUT2D eigenvalue weighted by atomic mass is 10.0. The number of phosphoric ester groups is 1. The van der Waals surface area contributed by atoms with Crippen molar-refractivity contribution >= 4 is 13.8 Å². The highest BCUT2D eigenvalue weighted by Gasteiger charge is 2.25. The Morgan fingerprint density at radius 3 is 1.60 bits per heavy atom. The van der Waals surface area contributed by atoms with E-state index in [1.54, 1.807) is 0 Å². The molecule has 0 amide bonds. The predicted molar refractivity (Wildman–Crippen MR) is 210 cm³/mol. The van der Waals surface area contributed by atoms with Gasteiger partial charge in [-0.15, -0.1) is 0 Å². The van der Waals surface area contributed by atoms with E-state index in [9.17, 15) is 14.3 Å². The highest BCUT2D eigenvalue weighted by atomic mass is 31.2. The van der Waals surface area contributed by atoms with Crippen molar-refractivity contribution in [3.63, 3.8) is 0 Å². The largest absolute Gasteiger partial charge is 0.472 e. The van der Waals surface area contributed by atoms with Crippen molar-refractivity contribution in [1.82, 2.24) is 0 Å². The Labute approximate surface area is 308 Å². The third-order valence-corrected chi connectivity index (χ3v) is 9.86. The lowest BCUT2D eigenvalue weighted by Crippen LogP contribution is -2.28. The van der Waals surface area contributed by atoms with Crippen molar-refractivity contribution in [3.8, 4) is 0 Å². The molecule has 0 aliphatic carbocycles. The smallest absolute Gasteiger partial charge is 0.457 e. The van der Waals surface area contributed by atoms with Crippen molar-refractivity contribution in [3.05, 3.63) is 24.3 Å². The van der Waals surface area contributed by atoms with Crippen LogP contribution in [0.2, 0.25) is 0 Å². The Morgan fingerprint density at radius 2 is 1.06 bits per heavy atom. The van der Waals surface area contributed by atoms with E-state index in [2.05, 4.69) is 38.2 Å². The average molecular weight is 730 g/mol. The maximum atomic E-state index is 12.6. The van der Waals surface area contributed by atoms with Crippen molar-refractivity contribution in [2.45, 2.75) is 200 Å². The van der Waals surface area contributed by atoms with Gasteiger partial charge in [0, 0.05) is 19.6 Å². The molecule has 0 bridgehead atoms. The van der Waals surface area contributed by atoms with Crippen molar-refractivity contribution in [1.29, 1.82) is 0 Å². The number of hydrogen-bond acceptors (Lipinski definition) is 7. The van der Waals surface area contributed by atoms with Gasteiger partial charge >= 0.3 is 13.8 Å². The zero-order valence-electron chi connectivity index (χ0n) is 32.6.